The van der Waals surface area contributed by atoms with Gasteiger partial charge in [-0.1, -0.05) is 5.11 Å². The highest BCUT2D eigenvalue weighted by molar-refractivity contribution is 7.59. The van der Waals surface area contributed by atoms with Crippen LogP contribution in [0.15, 0.2) is 27.0 Å². The van der Waals surface area contributed by atoms with E-state index in [4.69, 9.17) is 15.0 Å². The van der Waals surface area contributed by atoms with Crippen LogP contribution in [0.3, 0.4) is 0 Å². The molecule has 5 unspecified atom stereocenters. The molecule has 214 valence electrons. The Hall–Kier alpha value is -2.03. The van der Waals surface area contributed by atoms with Crippen molar-refractivity contribution >= 4 is 15.6 Å². The summed E-state index contributed by atoms with van der Waals surface area (Å²) >= 11 is 0. The molecule has 2 aliphatic rings. The maximum atomic E-state index is 12.1. The fourth-order valence-electron chi connectivity index (χ4n) is 3.45. The minimum atomic E-state index is -5.94. The van der Waals surface area contributed by atoms with Gasteiger partial charge in [0.05, 0.1) is 19.3 Å². The molecule has 23 heteroatoms. The van der Waals surface area contributed by atoms with Crippen molar-refractivity contribution in [1.82, 2.24) is 9.55 Å². The van der Waals surface area contributed by atoms with Gasteiger partial charge in [-0.15, -0.1) is 0 Å². The largest absolute Gasteiger partial charge is 0.756 e. The minimum Gasteiger partial charge on any atom is -0.756 e. The van der Waals surface area contributed by atoms with Crippen LogP contribution >= 0.6 is 15.6 Å². The summed E-state index contributed by atoms with van der Waals surface area (Å²) in [5, 5.41) is 52.9. The van der Waals surface area contributed by atoms with Gasteiger partial charge in [0.15, 0.2) is 12.5 Å². The number of hydrogen-bond acceptors (Lipinski definition) is 17. The minimum absolute atomic E-state index is 0.629. The molecule has 3 heterocycles. The molecule has 11 atom stereocenters. The fraction of sp³-hybridized carbons (Fsp3) is 0.733. The Morgan fingerprint density at radius 1 is 1.03 bits per heavy atom. The molecule has 2 fully saturated rings. The number of hydrogen-bond donors (Lipinski definition) is 6. The summed E-state index contributed by atoms with van der Waals surface area (Å²) in [4.78, 5) is 51.5. The van der Waals surface area contributed by atoms with Gasteiger partial charge >= 0.3 is 5.69 Å². The molecule has 0 radical (unpaired) electrons. The van der Waals surface area contributed by atoms with Gasteiger partial charge in [0.1, 0.15) is 36.6 Å². The molecule has 3 rings (SSSR count). The van der Waals surface area contributed by atoms with E-state index in [2.05, 4.69) is 23.4 Å². The van der Waals surface area contributed by atoms with E-state index in [9.17, 15) is 54.0 Å². The standard InChI is InChI=1S/C15H23N5O16P2/c16-19-17-3-5-8(22)10(24)12(26)14(34-5)35-38(30,31)36-37(28,29)32-4-6-9(23)11(25)13(33-6)20-2-1-7(21)18-15(20)27/h1-2,5-6,8-14,22-26H,3-4H2,(H,28,29)(H,30,31)(H,18,21,27)/p-2/t5?,6-,8-,9+,10?,11?,12+,13-,14-/m1/s1. The molecule has 0 amide bonds. The predicted octanol–water partition coefficient (Wildman–Crippen LogP) is -4.74. The Labute approximate surface area is 210 Å². The van der Waals surface area contributed by atoms with Gasteiger partial charge in [0, 0.05) is 17.2 Å². The smallest absolute Gasteiger partial charge is 0.330 e. The maximum absolute atomic E-state index is 12.1. The average molecular weight is 589 g/mol. The van der Waals surface area contributed by atoms with Crippen LogP contribution in [0.2, 0.25) is 0 Å². The summed E-state index contributed by atoms with van der Waals surface area (Å²) in [6.07, 6.45) is -15.9. The summed E-state index contributed by atoms with van der Waals surface area (Å²) in [5.74, 6) is 0. The van der Waals surface area contributed by atoms with Crippen LogP contribution in [0.25, 0.3) is 10.4 Å². The molecule has 38 heavy (non-hydrogen) atoms. The Balaban J connectivity index is 1.62. The lowest BCUT2D eigenvalue weighted by molar-refractivity contribution is -0.300. The van der Waals surface area contributed by atoms with E-state index in [0.29, 0.717) is 4.57 Å². The molecule has 0 aliphatic carbocycles. The summed E-state index contributed by atoms with van der Waals surface area (Å²) in [5.41, 5.74) is 6.56. The number of nitrogens with one attached hydrogen (secondary N) is 1. The number of aromatic amines is 1. The quantitative estimate of drug-likeness (QED) is 0.0645. The lowest BCUT2D eigenvalue weighted by Crippen LogP contribution is -2.58. The number of azide groups is 1. The Kier molecular flexibility index (Phi) is 9.64. The van der Waals surface area contributed by atoms with Crippen LogP contribution in [0.4, 0.5) is 0 Å². The van der Waals surface area contributed by atoms with Crippen LogP contribution in [-0.2, 0) is 32.0 Å². The van der Waals surface area contributed by atoms with E-state index in [1.165, 1.54) is 0 Å². The van der Waals surface area contributed by atoms with Gasteiger partial charge in [-0.05, 0) is 5.53 Å². The van der Waals surface area contributed by atoms with Crippen molar-refractivity contribution in [1.29, 1.82) is 0 Å². The molecular formula is C15H21N5O16P2-2. The molecule has 21 nitrogen and oxygen atoms in total. The van der Waals surface area contributed by atoms with Gasteiger partial charge in [-0.25, -0.2) is 9.11 Å². The van der Waals surface area contributed by atoms with Crippen molar-refractivity contribution in [2.75, 3.05) is 13.2 Å². The van der Waals surface area contributed by atoms with Crippen LogP contribution in [0, 0.1) is 0 Å². The number of phosphoric acid groups is 2. The first kappa shape index (κ1) is 30.5. The van der Waals surface area contributed by atoms with E-state index in [1.807, 2.05) is 4.98 Å². The maximum Gasteiger partial charge on any atom is 0.330 e. The second-order valence-corrected chi connectivity index (χ2v) is 10.8. The highest BCUT2D eigenvalue weighted by atomic mass is 31.3. The molecule has 0 spiro atoms. The first-order valence-corrected chi connectivity index (χ1v) is 13.3. The number of rotatable bonds is 10. The van der Waals surface area contributed by atoms with Crippen molar-refractivity contribution in [3.8, 4) is 0 Å². The van der Waals surface area contributed by atoms with Crippen molar-refractivity contribution in [2.24, 2.45) is 5.11 Å². The molecule has 1 aromatic heterocycles. The Morgan fingerprint density at radius 3 is 2.32 bits per heavy atom. The van der Waals surface area contributed by atoms with Gasteiger partial charge in [0.2, 0.25) is 0 Å². The number of ether oxygens (including phenoxy) is 2. The van der Waals surface area contributed by atoms with Crippen LogP contribution in [0.1, 0.15) is 6.23 Å². The molecule has 0 bridgehead atoms. The highest BCUT2D eigenvalue weighted by Gasteiger charge is 2.47. The summed E-state index contributed by atoms with van der Waals surface area (Å²) in [7, 11) is -11.8. The summed E-state index contributed by atoms with van der Waals surface area (Å²) in [6.45, 7) is -1.76. The van der Waals surface area contributed by atoms with Crippen molar-refractivity contribution in [3.05, 3.63) is 43.5 Å². The summed E-state index contributed by atoms with van der Waals surface area (Å²) in [6, 6.07) is 0.908. The second kappa shape index (κ2) is 12.0. The monoisotopic (exact) mass is 589 g/mol. The van der Waals surface area contributed by atoms with Gasteiger partial charge in [0.25, 0.3) is 21.2 Å². The van der Waals surface area contributed by atoms with Crippen molar-refractivity contribution < 1.29 is 67.3 Å². The van der Waals surface area contributed by atoms with Crippen molar-refractivity contribution in [3.63, 3.8) is 0 Å². The zero-order valence-corrected chi connectivity index (χ0v) is 20.5. The Morgan fingerprint density at radius 2 is 1.68 bits per heavy atom. The van der Waals surface area contributed by atoms with Gasteiger partial charge < -0.3 is 49.3 Å². The third-order valence-electron chi connectivity index (χ3n) is 5.29. The zero-order valence-electron chi connectivity index (χ0n) is 18.7. The van der Waals surface area contributed by atoms with E-state index in [-0.39, 0.29) is 0 Å². The number of nitrogens with zero attached hydrogens (tertiary/aromatic N) is 4. The number of phosphoric ester groups is 2. The van der Waals surface area contributed by atoms with Gasteiger partial charge in [-0.2, -0.15) is 0 Å². The number of aromatic nitrogens is 2. The molecule has 0 aromatic carbocycles. The lowest BCUT2D eigenvalue weighted by atomic mass is 9.99. The van der Waals surface area contributed by atoms with E-state index >= 15 is 0 Å². The van der Waals surface area contributed by atoms with Crippen LogP contribution in [0.5, 0.6) is 0 Å². The van der Waals surface area contributed by atoms with E-state index in [0.717, 1.165) is 12.3 Å². The number of aliphatic hydroxyl groups excluding tert-OH is 5. The SMILES string of the molecule is [N-]=[N+]=NCC1O[C@H](OP(=O)([O-])OP(=O)([O-])OC[C@H]2O[C@@H](n3ccc(=O)[nH]c3=O)C(O)[C@H]2O)[C@@H](O)C(O)[C@@H]1O. The summed E-state index contributed by atoms with van der Waals surface area (Å²) < 4.78 is 47.5. The number of H-pyrrole nitrogens is 1. The average Bonchev–Trinajstić information content (AvgIpc) is 3.10. The normalized spacial score (nSPS) is 36.7. The number of aliphatic hydroxyl groups is 5. The first-order valence-electron chi connectivity index (χ1n) is 10.4. The molecule has 1 aromatic rings. The molecule has 0 saturated carbocycles. The van der Waals surface area contributed by atoms with E-state index in [1.54, 1.807) is 0 Å². The third-order valence-corrected chi connectivity index (χ3v) is 7.82. The van der Waals surface area contributed by atoms with Crippen LogP contribution in [-0.4, -0.2) is 97.3 Å². The molecular weight excluding hydrogens is 568 g/mol. The van der Waals surface area contributed by atoms with E-state index < -0.39 is 95.3 Å². The highest BCUT2D eigenvalue weighted by Crippen LogP contribution is 2.57. The van der Waals surface area contributed by atoms with Gasteiger partial charge in [-0.3, -0.25) is 28.0 Å². The Bertz CT molecular complexity index is 1250. The second-order valence-electron chi connectivity index (χ2n) is 7.87. The first-order chi connectivity index (χ1) is 17.7. The zero-order chi connectivity index (χ0) is 28.4. The molecule has 2 aliphatic heterocycles. The third kappa shape index (κ3) is 7.13. The molecule has 6 N–H and O–H groups in total. The fourth-order valence-corrected chi connectivity index (χ4v) is 5.53. The molecule has 2 saturated heterocycles. The predicted molar refractivity (Wildman–Crippen MR) is 111 cm³/mol. The topological polar surface area (TPSA) is 331 Å². The van der Waals surface area contributed by atoms with Crippen LogP contribution < -0.4 is 21.0 Å². The van der Waals surface area contributed by atoms with Crippen molar-refractivity contribution in [2.45, 2.75) is 55.2 Å². The lowest BCUT2D eigenvalue weighted by Gasteiger charge is -2.42.